The van der Waals surface area contributed by atoms with Crippen molar-refractivity contribution >= 4 is 11.6 Å². The largest absolute Gasteiger partial charge is 0.322 e. The molecule has 19 heavy (non-hydrogen) atoms. The van der Waals surface area contributed by atoms with Crippen molar-refractivity contribution in [3.63, 3.8) is 0 Å². The Hall–Kier alpha value is -2.30. The fourth-order valence-corrected chi connectivity index (χ4v) is 1.59. The van der Waals surface area contributed by atoms with E-state index < -0.39 is 28.9 Å². The van der Waals surface area contributed by atoms with E-state index in [1.807, 2.05) is 0 Å². The molecule has 0 aliphatic carbocycles. The summed E-state index contributed by atoms with van der Waals surface area (Å²) in [7, 11) is 0. The van der Waals surface area contributed by atoms with Crippen LogP contribution < -0.4 is 5.32 Å². The molecule has 2 aromatic carbocycles. The molecular formula is C14H10F3NO. The van der Waals surface area contributed by atoms with Gasteiger partial charge in [-0.1, -0.05) is 12.1 Å². The van der Waals surface area contributed by atoms with Crippen molar-refractivity contribution in [1.82, 2.24) is 0 Å². The predicted octanol–water partition coefficient (Wildman–Crippen LogP) is 3.66. The number of anilines is 1. The van der Waals surface area contributed by atoms with Crippen LogP contribution in [0.1, 0.15) is 15.9 Å². The van der Waals surface area contributed by atoms with Gasteiger partial charge in [-0.05, 0) is 36.8 Å². The number of benzene rings is 2. The van der Waals surface area contributed by atoms with Gasteiger partial charge in [0.2, 0.25) is 0 Å². The van der Waals surface area contributed by atoms with Crippen LogP contribution in [0.25, 0.3) is 0 Å². The van der Waals surface area contributed by atoms with Crippen LogP contribution in [0.4, 0.5) is 18.9 Å². The van der Waals surface area contributed by atoms with E-state index >= 15 is 0 Å². The predicted molar refractivity (Wildman–Crippen MR) is 65.4 cm³/mol. The molecule has 98 valence electrons. The highest BCUT2D eigenvalue weighted by molar-refractivity contribution is 6.04. The summed E-state index contributed by atoms with van der Waals surface area (Å²) in [6.07, 6.45) is 0. The molecule has 0 aromatic heterocycles. The molecule has 2 aromatic rings. The number of amides is 1. The average molecular weight is 265 g/mol. The minimum atomic E-state index is -1.21. The molecule has 0 saturated carbocycles. The normalized spacial score (nSPS) is 10.3. The Morgan fingerprint density at radius 3 is 2.47 bits per heavy atom. The molecule has 1 amide bonds. The maximum atomic E-state index is 13.6. The van der Waals surface area contributed by atoms with Crippen LogP contribution >= 0.6 is 0 Å². The van der Waals surface area contributed by atoms with Crippen LogP contribution in [0, 0.1) is 24.4 Å². The van der Waals surface area contributed by atoms with E-state index in [9.17, 15) is 18.0 Å². The second-order valence-corrected chi connectivity index (χ2v) is 4.02. The molecule has 0 spiro atoms. The van der Waals surface area contributed by atoms with Crippen molar-refractivity contribution in [3.05, 3.63) is 65.0 Å². The zero-order valence-corrected chi connectivity index (χ0v) is 10.0. The molecule has 0 aliphatic rings. The summed E-state index contributed by atoms with van der Waals surface area (Å²) in [4.78, 5) is 11.8. The van der Waals surface area contributed by atoms with E-state index in [-0.39, 0.29) is 11.3 Å². The third kappa shape index (κ3) is 2.76. The molecule has 0 saturated heterocycles. The first-order valence-corrected chi connectivity index (χ1v) is 5.50. The van der Waals surface area contributed by atoms with Crippen molar-refractivity contribution in [3.8, 4) is 0 Å². The van der Waals surface area contributed by atoms with Gasteiger partial charge in [-0.2, -0.15) is 0 Å². The Morgan fingerprint density at radius 2 is 1.79 bits per heavy atom. The lowest BCUT2D eigenvalue weighted by Crippen LogP contribution is -2.15. The van der Waals surface area contributed by atoms with Crippen LogP contribution in [-0.4, -0.2) is 5.91 Å². The lowest BCUT2D eigenvalue weighted by Gasteiger charge is -2.07. The number of rotatable bonds is 2. The first-order chi connectivity index (χ1) is 8.99. The molecule has 0 unspecified atom stereocenters. The van der Waals surface area contributed by atoms with E-state index in [0.717, 1.165) is 6.07 Å². The summed E-state index contributed by atoms with van der Waals surface area (Å²) in [5.41, 5.74) is -0.141. The molecule has 5 heteroatoms. The zero-order chi connectivity index (χ0) is 14.0. The van der Waals surface area contributed by atoms with Crippen molar-refractivity contribution in [2.75, 3.05) is 5.32 Å². The molecule has 2 rings (SSSR count). The SMILES string of the molecule is Cc1ccc(C(=O)Nc2cccc(F)c2)c(F)c1F. The monoisotopic (exact) mass is 265 g/mol. The summed E-state index contributed by atoms with van der Waals surface area (Å²) >= 11 is 0. The second-order valence-electron chi connectivity index (χ2n) is 4.02. The molecule has 2 nitrogen and oxygen atoms in total. The lowest BCUT2D eigenvalue weighted by atomic mass is 10.1. The minimum Gasteiger partial charge on any atom is -0.322 e. The summed E-state index contributed by atoms with van der Waals surface area (Å²) < 4.78 is 39.9. The Labute approximate surface area is 107 Å². The van der Waals surface area contributed by atoms with Crippen LogP contribution in [-0.2, 0) is 0 Å². The van der Waals surface area contributed by atoms with Gasteiger partial charge >= 0.3 is 0 Å². The van der Waals surface area contributed by atoms with Gasteiger partial charge in [0.25, 0.3) is 5.91 Å². The van der Waals surface area contributed by atoms with Gasteiger partial charge in [0.05, 0.1) is 5.56 Å². The first kappa shape index (κ1) is 13.1. The second kappa shape index (κ2) is 5.14. The third-order valence-electron chi connectivity index (χ3n) is 2.60. The fraction of sp³-hybridized carbons (Fsp3) is 0.0714. The van der Waals surface area contributed by atoms with E-state index in [0.29, 0.717) is 0 Å². The summed E-state index contributed by atoms with van der Waals surface area (Å²) in [6, 6.07) is 7.63. The van der Waals surface area contributed by atoms with Gasteiger partial charge in [-0.25, -0.2) is 13.2 Å². The minimum absolute atomic E-state index is 0.111. The topological polar surface area (TPSA) is 29.1 Å². The van der Waals surface area contributed by atoms with E-state index in [2.05, 4.69) is 5.32 Å². The molecule has 0 radical (unpaired) electrons. The first-order valence-electron chi connectivity index (χ1n) is 5.50. The van der Waals surface area contributed by atoms with Crippen LogP contribution in [0.3, 0.4) is 0 Å². The van der Waals surface area contributed by atoms with Gasteiger partial charge in [-0.15, -0.1) is 0 Å². The highest BCUT2D eigenvalue weighted by atomic mass is 19.2. The van der Waals surface area contributed by atoms with Crippen LogP contribution in [0.5, 0.6) is 0 Å². The molecule has 0 aliphatic heterocycles. The van der Waals surface area contributed by atoms with Gasteiger partial charge in [0.1, 0.15) is 5.82 Å². The number of carbonyl (C=O) groups is 1. The van der Waals surface area contributed by atoms with Crippen molar-refractivity contribution < 1.29 is 18.0 Å². The highest BCUT2D eigenvalue weighted by Crippen LogP contribution is 2.17. The molecular weight excluding hydrogens is 255 g/mol. The standard InChI is InChI=1S/C14H10F3NO/c1-8-5-6-11(13(17)12(8)16)14(19)18-10-4-2-3-9(15)7-10/h2-7H,1H3,(H,18,19). The smallest absolute Gasteiger partial charge is 0.258 e. The molecule has 0 fully saturated rings. The number of carbonyl (C=O) groups excluding carboxylic acids is 1. The summed E-state index contributed by atoms with van der Waals surface area (Å²) in [6.45, 7) is 1.40. The van der Waals surface area contributed by atoms with E-state index in [4.69, 9.17) is 0 Å². The fourth-order valence-electron chi connectivity index (χ4n) is 1.59. The molecule has 0 heterocycles. The van der Waals surface area contributed by atoms with E-state index in [1.54, 1.807) is 0 Å². The highest BCUT2D eigenvalue weighted by Gasteiger charge is 2.17. The Morgan fingerprint density at radius 1 is 1.05 bits per heavy atom. The molecule has 0 bridgehead atoms. The van der Waals surface area contributed by atoms with Crippen molar-refractivity contribution in [2.45, 2.75) is 6.92 Å². The zero-order valence-electron chi connectivity index (χ0n) is 10.0. The summed E-state index contributed by atoms with van der Waals surface area (Å²) in [5.74, 6) is -3.64. The summed E-state index contributed by atoms with van der Waals surface area (Å²) in [5, 5.41) is 2.30. The quantitative estimate of drug-likeness (QED) is 0.882. The van der Waals surface area contributed by atoms with Crippen LogP contribution in [0.15, 0.2) is 36.4 Å². The average Bonchev–Trinajstić information content (AvgIpc) is 2.36. The number of halogens is 3. The number of aryl methyl sites for hydroxylation is 1. The molecule has 0 atom stereocenters. The number of nitrogens with one attached hydrogen (secondary N) is 1. The molecule has 1 N–H and O–H groups in total. The van der Waals surface area contributed by atoms with E-state index in [1.165, 1.54) is 37.3 Å². The third-order valence-corrected chi connectivity index (χ3v) is 2.60. The maximum Gasteiger partial charge on any atom is 0.258 e. The lowest BCUT2D eigenvalue weighted by molar-refractivity contribution is 0.102. The van der Waals surface area contributed by atoms with Crippen LogP contribution in [0.2, 0.25) is 0 Å². The van der Waals surface area contributed by atoms with Gasteiger partial charge in [-0.3, -0.25) is 4.79 Å². The van der Waals surface area contributed by atoms with Gasteiger partial charge in [0.15, 0.2) is 11.6 Å². The Kier molecular flexibility index (Phi) is 3.55. The van der Waals surface area contributed by atoms with Gasteiger partial charge in [0, 0.05) is 5.69 Å². The maximum absolute atomic E-state index is 13.6. The van der Waals surface area contributed by atoms with Crippen molar-refractivity contribution in [1.29, 1.82) is 0 Å². The van der Waals surface area contributed by atoms with Gasteiger partial charge < -0.3 is 5.32 Å². The Bertz CT molecular complexity index is 641. The number of hydrogen-bond donors (Lipinski definition) is 1. The van der Waals surface area contributed by atoms with Crippen molar-refractivity contribution in [2.24, 2.45) is 0 Å². The number of hydrogen-bond acceptors (Lipinski definition) is 1. The Balaban J connectivity index is 2.28.